The third kappa shape index (κ3) is 0.388. The van der Waals surface area contributed by atoms with E-state index < -0.39 is 0 Å². The first-order valence-electron chi connectivity index (χ1n) is 2.01. The first-order valence-corrected chi connectivity index (χ1v) is 12.7. The lowest BCUT2D eigenvalue weighted by Gasteiger charge is -1.62. The normalized spacial score (nSPS) is 57.8. The molecule has 0 aromatic carbocycles. The molecule has 0 bridgehead atoms. The standard InChI is InChI=1S/CP4S3/c6-8(7)5-1-2-3(1)4(1)5. The summed E-state index contributed by atoms with van der Waals surface area (Å²) in [7, 11) is 1.85. The van der Waals surface area contributed by atoms with Gasteiger partial charge in [0.05, 0.1) is 0 Å². The predicted molar refractivity (Wildman–Crippen MR) is 52.5 cm³/mol. The van der Waals surface area contributed by atoms with Gasteiger partial charge in [0, 0.05) is 5.98 Å². The lowest BCUT2D eigenvalue weighted by atomic mass is 11.8. The largest absolute Gasteiger partial charge is 0.158 e. The maximum atomic E-state index is 5.06. The molecular weight excluding hydrogens is 232 g/mol. The highest BCUT2D eigenvalue weighted by atomic mass is 33.2. The van der Waals surface area contributed by atoms with Crippen LogP contribution in [0.15, 0.2) is 0 Å². The molecule has 0 fully saturated rings. The van der Waals surface area contributed by atoms with Crippen molar-refractivity contribution in [1.82, 2.24) is 0 Å². The summed E-state index contributed by atoms with van der Waals surface area (Å²) in [5.41, 5.74) is 0. The van der Waals surface area contributed by atoms with E-state index in [1.807, 2.05) is 7.87 Å². The third-order valence-electron chi connectivity index (χ3n) is 1.40. The van der Waals surface area contributed by atoms with Crippen molar-refractivity contribution in [2.24, 2.45) is 0 Å². The average molecular weight is 232 g/mol. The summed E-state index contributed by atoms with van der Waals surface area (Å²) in [6.45, 7) is 1.31. The van der Waals surface area contributed by atoms with Crippen molar-refractivity contribution in [2.75, 3.05) is 0 Å². The molecule has 3 aliphatic heterocycles. The minimum atomic E-state index is 0.0354. The van der Waals surface area contributed by atoms with Crippen molar-refractivity contribution >= 4 is 56.4 Å². The fraction of sp³-hybridized carbons (Fsp3) is 1.00. The third-order valence-corrected chi connectivity index (χ3v) is 40.0. The van der Waals surface area contributed by atoms with Crippen molar-refractivity contribution in [3.8, 4) is 0 Å². The molecule has 3 rings (SSSR count). The van der Waals surface area contributed by atoms with Crippen LogP contribution in [-0.4, -0.2) is 4.38 Å². The molecule has 3 heterocycles. The summed E-state index contributed by atoms with van der Waals surface area (Å²) >= 11 is 10.1. The van der Waals surface area contributed by atoms with E-state index in [1.54, 1.807) is 0 Å². The zero-order chi connectivity index (χ0) is 5.52. The van der Waals surface area contributed by atoms with Crippen molar-refractivity contribution in [3.05, 3.63) is 0 Å². The summed E-state index contributed by atoms with van der Waals surface area (Å²) in [5.74, 6) is 0.357. The highest BCUT2D eigenvalue weighted by molar-refractivity contribution is 8.84. The maximum absolute atomic E-state index is 5.06. The molecule has 8 heavy (non-hydrogen) atoms. The van der Waals surface area contributed by atoms with Crippen molar-refractivity contribution < 1.29 is 0 Å². The molecule has 0 aromatic heterocycles. The van der Waals surface area contributed by atoms with E-state index in [0.29, 0.717) is 19.0 Å². The van der Waals surface area contributed by atoms with Gasteiger partial charge in [0.25, 0.3) is 0 Å². The number of hydrogen-bond donors (Lipinski definition) is 0. The molecular formula is CP4S3. The Kier molecular flexibility index (Phi) is 0.865. The molecule has 4 atom stereocenters. The Morgan fingerprint density at radius 1 is 1.50 bits per heavy atom. The molecule has 0 radical (unpaired) electrons. The number of rotatable bonds is 0. The zero-order valence-electron chi connectivity index (χ0n) is 3.51. The Morgan fingerprint density at radius 2 is 2.12 bits per heavy atom. The smallest absolute Gasteiger partial charge is 0.0419 e. The molecule has 0 aromatic rings. The quantitative estimate of drug-likeness (QED) is 0.588. The molecule has 42 valence electrons. The summed E-state index contributed by atoms with van der Waals surface area (Å²) in [4.78, 5) is 0. The second kappa shape index (κ2) is 1.26. The molecule has 0 saturated heterocycles. The van der Waals surface area contributed by atoms with E-state index in [-0.39, 0.29) is 7.19 Å². The molecule has 3 aliphatic rings. The van der Waals surface area contributed by atoms with E-state index in [0.717, 1.165) is 4.38 Å². The summed E-state index contributed by atoms with van der Waals surface area (Å²) in [6.07, 6.45) is 0. The van der Waals surface area contributed by atoms with E-state index in [9.17, 15) is 0 Å². The summed E-state index contributed by atoms with van der Waals surface area (Å²) in [5, 5.41) is 0. The SMILES string of the molecule is S=S(=S)=P1=P2=P3=PC321. The van der Waals surface area contributed by atoms with Gasteiger partial charge in [0.1, 0.15) is 0 Å². The van der Waals surface area contributed by atoms with Gasteiger partial charge in [-0.15, -0.1) is 0 Å². The van der Waals surface area contributed by atoms with Gasteiger partial charge in [0.15, 0.2) is 4.38 Å². The minimum absolute atomic E-state index is 0.0354. The molecule has 0 aliphatic carbocycles. The summed E-state index contributed by atoms with van der Waals surface area (Å²) in [6, 6.07) is 0. The first kappa shape index (κ1) is 5.50. The van der Waals surface area contributed by atoms with Crippen LogP contribution in [0.3, 0.4) is 0 Å². The fourth-order valence-corrected chi connectivity index (χ4v) is 62.6. The van der Waals surface area contributed by atoms with Crippen LogP contribution in [0.5, 0.6) is 0 Å². The Balaban J connectivity index is 3.02. The first-order chi connectivity index (χ1) is 3.78. The molecule has 1 spiro atoms. The van der Waals surface area contributed by atoms with E-state index in [1.165, 1.54) is 0 Å². The molecule has 0 saturated carbocycles. The number of hydrogen-bond acceptors (Lipinski definition) is 2. The maximum Gasteiger partial charge on any atom is 0.158 e. The van der Waals surface area contributed by atoms with Crippen LogP contribution < -0.4 is 0 Å². The van der Waals surface area contributed by atoms with Crippen LogP contribution in [0.4, 0.5) is 0 Å². The van der Waals surface area contributed by atoms with Gasteiger partial charge in [-0.3, -0.25) is 0 Å². The van der Waals surface area contributed by atoms with Gasteiger partial charge in [-0.1, -0.05) is 0 Å². The Morgan fingerprint density at radius 3 is 2.25 bits per heavy atom. The molecule has 7 heteroatoms. The van der Waals surface area contributed by atoms with Gasteiger partial charge in [0.2, 0.25) is 0 Å². The lowest BCUT2D eigenvalue weighted by Crippen LogP contribution is -1.50. The van der Waals surface area contributed by atoms with Gasteiger partial charge in [-0.2, -0.15) is 0 Å². The monoisotopic (exact) mass is 232 g/mol. The van der Waals surface area contributed by atoms with E-state index in [4.69, 9.17) is 22.4 Å². The Hall–Kier alpha value is 1.86. The van der Waals surface area contributed by atoms with Gasteiger partial charge >= 0.3 is 0 Å². The van der Waals surface area contributed by atoms with E-state index >= 15 is 0 Å². The zero-order valence-corrected chi connectivity index (χ0v) is 9.54. The Bertz CT molecular complexity index is 504. The molecule has 0 amide bonds. The lowest BCUT2D eigenvalue weighted by molar-refractivity contribution is 2.05. The molecule has 0 nitrogen and oxygen atoms in total. The molecule has 4 unspecified atom stereocenters. The van der Waals surface area contributed by atoms with Crippen LogP contribution in [0.1, 0.15) is 0 Å². The van der Waals surface area contributed by atoms with Gasteiger partial charge in [-0.05, 0) is 50.4 Å². The van der Waals surface area contributed by atoms with Crippen LogP contribution in [0, 0.1) is 0 Å². The van der Waals surface area contributed by atoms with Crippen LogP contribution in [0.25, 0.3) is 0 Å². The van der Waals surface area contributed by atoms with Crippen LogP contribution >= 0.6 is 26.8 Å². The Labute approximate surface area is 60.6 Å². The highest BCUT2D eigenvalue weighted by Gasteiger charge is 2.70. The minimum Gasteiger partial charge on any atom is -0.0419 e. The van der Waals surface area contributed by atoms with E-state index in [2.05, 4.69) is 0 Å². The fourth-order valence-electron chi connectivity index (χ4n) is 0.829. The van der Waals surface area contributed by atoms with Crippen molar-refractivity contribution in [1.29, 1.82) is 0 Å². The predicted octanol–water partition coefficient (Wildman–Crippen LogP) is 3.23. The highest BCUT2D eigenvalue weighted by Crippen LogP contribution is 3.19. The van der Waals surface area contributed by atoms with Crippen molar-refractivity contribution in [3.63, 3.8) is 0 Å². The summed E-state index contributed by atoms with van der Waals surface area (Å²) < 4.78 is 0.993. The van der Waals surface area contributed by atoms with Gasteiger partial charge in [-0.25, -0.2) is 0 Å². The van der Waals surface area contributed by atoms with Crippen LogP contribution in [-0.2, 0) is 29.6 Å². The second-order valence-electron chi connectivity index (χ2n) is 1.77. The van der Waals surface area contributed by atoms with Crippen molar-refractivity contribution in [2.45, 2.75) is 4.38 Å². The van der Waals surface area contributed by atoms with Gasteiger partial charge < -0.3 is 0 Å². The average Bonchev–Trinajstić information content (AvgIpc) is 2.40. The topological polar surface area (TPSA) is 0 Å². The van der Waals surface area contributed by atoms with Crippen LogP contribution in [0.2, 0.25) is 0 Å². The molecule has 0 N–H and O–H groups in total. The second-order valence-corrected chi connectivity index (χ2v) is 24.5.